The van der Waals surface area contributed by atoms with Crippen LogP contribution in [-0.4, -0.2) is 23.0 Å². The van der Waals surface area contributed by atoms with Crippen molar-refractivity contribution in [2.24, 2.45) is 0 Å². The molecule has 0 aliphatic carbocycles. The molecular formula is C11H15ClN2O2. The predicted molar refractivity (Wildman–Crippen MR) is 61.8 cm³/mol. The number of hydrogen-bond donors (Lipinski definition) is 0. The zero-order chi connectivity index (χ0) is 12.5. The third kappa shape index (κ3) is 2.50. The third-order valence-electron chi connectivity index (χ3n) is 2.11. The summed E-state index contributed by atoms with van der Waals surface area (Å²) in [4.78, 5) is 19.8. The van der Waals surface area contributed by atoms with E-state index in [1.54, 1.807) is 6.92 Å². The molecule has 0 aromatic carbocycles. The van der Waals surface area contributed by atoms with Gasteiger partial charge in [-0.15, -0.1) is 0 Å². The van der Waals surface area contributed by atoms with Crippen LogP contribution in [0, 0.1) is 6.92 Å². The molecule has 0 unspecified atom stereocenters. The number of methoxy groups -OCH3 is 1. The van der Waals surface area contributed by atoms with Crippen molar-refractivity contribution in [1.82, 2.24) is 9.97 Å². The maximum Gasteiger partial charge on any atom is 0.342 e. The summed E-state index contributed by atoms with van der Waals surface area (Å²) in [6.07, 6.45) is 0. The molecule has 16 heavy (non-hydrogen) atoms. The Labute approximate surface area is 100 Å². The topological polar surface area (TPSA) is 52.1 Å². The molecule has 1 heterocycles. The van der Waals surface area contributed by atoms with E-state index in [1.807, 2.05) is 20.8 Å². The molecule has 0 radical (unpaired) electrons. The summed E-state index contributed by atoms with van der Waals surface area (Å²) in [7, 11) is 1.30. The van der Waals surface area contributed by atoms with E-state index < -0.39 is 5.97 Å². The quantitative estimate of drug-likeness (QED) is 0.561. The molecule has 1 rings (SSSR count). The van der Waals surface area contributed by atoms with Gasteiger partial charge in [0.05, 0.1) is 12.8 Å². The number of esters is 1. The van der Waals surface area contributed by atoms with Crippen molar-refractivity contribution in [3.8, 4) is 0 Å². The third-order valence-corrected chi connectivity index (χ3v) is 2.38. The molecule has 4 nitrogen and oxygen atoms in total. The van der Waals surface area contributed by atoms with Gasteiger partial charge in [0.1, 0.15) is 16.5 Å². The lowest BCUT2D eigenvalue weighted by Gasteiger charge is -2.18. The number of rotatable bonds is 1. The minimum absolute atomic E-state index is 0.143. The molecule has 0 bridgehead atoms. The molecule has 0 amide bonds. The first-order valence-corrected chi connectivity index (χ1v) is 5.28. The Balaban J connectivity index is 3.34. The molecule has 88 valence electrons. The van der Waals surface area contributed by atoms with Gasteiger partial charge < -0.3 is 4.74 Å². The second-order valence-electron chi connectivity index (χ2n) is 4.54. The highest BCUT2D eigenvalue weighted by molar-refractivity contribution is 6.32. The number of halogens is 1. The Hall–Kier alpha value is -1.16. The van der Waals surface area contributed by atoms with Gasteiger partial charge in [-0.1, -0.05) is 32.4 Å². The average molecular weight is 243 g/mol. The molecule has 5 heteroatoms. The van der Waals surface area contributed by atoms with E-state index in [9.17, 15) is 4.79 Å². The Morgan fingerprint density at radius 3 is 2.25 bits per heavy atom. The Morgan fingerprint density at radius 2 is 1.88 bits per heavy atom. The fourth-order valence-electron chi connectivity index (χ4n) is 1.21. The molecule has 0 fully saturated rings. The first-order valence-electron chi connectivity index (χ1n) is 4.90. The average Bonchev–Trinajstić information content (AvgIpc) is 2.14. The first-order chi connectivity index (χ1) is 7.27. The Morgan fingerprint density at radius 1 is 1.31 bits per heavy atom. The van der Waals surface area contributed by atoms with Crippen LogP contribution in [0.4, 0.5) is 0 Å². The van der Waals surface area contributed by atoms with Gasteiger partial charge in [0, 0.05) is 5.41 Å². The Bertz CT molecular complexity index is 401. The highest BCUT2D eigenvalue weighted by Gasteiger charge is 2.23. The number of hydrogen-bond acceptors (Lipinski definition) is 4. The lowest BCUT2D eigenvalue weighted by Crippen LogP contribution is -2.19. The van der Waals surface area contributed by atoms with Crippen LogP contribution < -0.4 is 0 Å². The highest BCUT2D eigenvalue weighted by Crippen LogP contribution is 2.24. The largest absolute Gasteiger partial charge is 0.465 e. The van der Waals surface area contributed by atoms with Crippen molar-refractivity contribution >= 4 is 17.6 Å². The van der Waals surface area contributed by atoms with Crippen LogP contribution in [0.15, 0.2) is 0 Å². The zero-order valence-electron chi connectivity index (χ0n) is 10.1. The summed E-state index contributed by atoms with van der Waals surface area (Å²) in [6, 6.07) is 0. The van der Waals surface area contributed by atoms with Crippen LogP contribution in [0.5, 0.6) is 0 Å². The number of carbonyl (C=O) groups is 1. The molecule has 1 aromatic heterocycles. The van der Waals surface area contributed by atoms with Gasteiger partial charge in [-0.25, -0.2) is 14.8 Å². The van der Waals surface area contributed by atoms with Gasteiger partial charge in [0.25, 0.3) is 0 Å². The van der Waals surface area contributed by atoms with Crippen LogP contribution >= 0.6 is 11.6 Å². The lowest BCUT2D eigenvalue weighted by atomic mass is 9.95. The highest BCUT2D eigenvalue weighted by atomic mass is 35.5. The SMILES string of the molecule is COC(=O)c1c(C)nc(C(C)(C)C)nc1Cl. The van der Waals surface area contributed by atoms with Gasteiger partial charge in [0.15, 0.2) is 0 Å². The Kier molecular flexibility index (Phi) is 3.53. The standard InChI is InChI=1S/C11H15ClN2O2/c1-6-7(9(15)16-5)8(12)14-10(13-6)11(2,3)4/h1-5H3. The van der Waals surface area contributed by atoms with Crippen LogP contribution in [0.1, 0.15) is 42.6 Å². The molecule has 0 saturated carbocycles. The van der Waals surface area contributed by atoms with Crippen LogP contribution in [-0.2, 0) is 10.2 Å². The van der Waals surface area contributed by atoms with Crippen molar-refractivity contribution in [3.05, 3.63) is 22.2 Å². The fourth-order valence-corrected chi connectivity index (χ4v) is 1.50. The van der Waals surface area contributed by atoms with Crippen molar-refractivity contribution < 1.29 is 9.53 Å². The summed E-state index contributed by atoms with van der Waals surface area (Å²) in [6.45, 7) is 7.66. The van der Waals surface area contributed by atoms with Crippen LogP contribution in [0.3, 0.4) is 0 Å². The molecular weight excluding hydrogens is 228 g/mol. The molecule has 0 saturated heterocycles. The van der Waals surface area contributed by atoms with Crippen LogP contribution in [0.2, 0.25) is 5.15 Å². The molecule has 0 N–H and O–H groups in total. The molecule has 0 aliphatic rings. The predicted octanol–water partition coefficient (Wildman–Crippen LogP) is 2.52. The number of carbonyl (C=O) groups excluding carboxylic acids is 1. The van der Waals surface area contributed by atoms with Crippen molar-refractivity contribution in [2.45, 2.75) is 33.1 Å². The monoisotopic (exact) mass is 242 g/mol. The van der Waals surface area contributed by atoms with Gasteiger partial charge in [-0.3, -0.25) is 0 Å². The summed E-state index contributed by atoms with van der Waals surface area (Å²) >= 11 is 5.96. The fraction of sp³-hybridized carbons (Fsp3) is 0.545. The minimum atomic E-state index is -0.511. The normalized spacial score (nSPS) is 11.4. The van der Waals surface area contributed by atoms with Crippen LogP contribution in [0.25, 0.3) is 0 Å². The molecule has 0 atom stereocenters. The zero-order valence-corrected chi connectivity index (χ0v) is 10.8. The summed E-state index contributed by atoms with van der Waals surface area (Å²) < 4.78 is 4.62. The van der Waals surface area contributed by atoms with E-state index in [1.165, 1.54) is 7.11 Å². The minimum Gasteiger partial charge on any atom is -0.465 e. The molecule has 0 aliphatic heterocycles. The van der Waals surface area contributed by atoms with E-state index in [4.69, 9.17) is 11.6 Å². The smallest absolute Gasteiger partial charge is 0.342 e. The van der Waals surface area contributed by atoms with E-state index in [0.717, 1.165) is 0 Å². The van der Waals surface area contributed by atoms with E-state index in [0.29, 0.717) is 11.5 Å². The van der Waals surface area contributed by atoms with Gasteiger partial charge in [-0.2, -0.15) is 0 Å². The second-order valence-corrected chi connectivity index (χ2v) is 4.90. The molecule has 1 aromatic rings. The van der Waals surface area contributed by atoms with Gasteiger partial charge in [0.2, 0.25) is 0 Å². The maximum absolute atomic E-state index is 11.4. The summed E-state index contributed by atoms with van der Waals surface area (Å²) in [5, 5.41) is 0.143. The summed E-state index contributed by atoms with van der Waals surface area (Å²) in [5.74, 6) is 0.102. The van der Waals surface area contributed by atoms with E-state index >= 15 is 0 Å². The summed E-state index contributed by atoms with van der Waals surface area (Å²) in [5.41, 5.74) is 0.567. The number of nitrogens with zero attached hydrogens (tertiary/aromatic N) is 2. The number of ether oxygens (including phenoxy) is 1. The first kappa shape index (κ1) is 12.9. The van der Waals surface area contributed by atoms with Crippen molar-refractivity contribution in [2.75, 3.05) is 7.11 Å². The number of aromatic nitrogens is 2. The van der Waals surface area contributed by atoms with E-state index in [-0.39, 0.29) is 16.1 Å². The van der Waals surface area contributed by atoms with Gasteiger partial charge >= 0.3 is 5.97 Å². The lowest BCUT2D eigenvalue weighted by molar-refractivity contribution is 0.0599. The maximum atomic E-state index is 11.4. The number of aryl methyl sites for hydroxylation is 1. The van der Waals surface area contributed by atoms with Gasteiger partial charge in [-0.05, 0) is 6.92 Å². The van der Waals surface area contributed by atoms with Crippen molar-refractivity contribution in [1.29, 1.82) is 0 Å². The van der Waals surface area contributed by atoms with Crippen molar-refractivity contribution in [3.63, 3.8) is 0 Å². The molecule has 0 spiro atoms. The second kappa shape index (κ2) is 4.37. The van der Waals surface area contributed by atoms with E-state index in [2.05, 4.69) is 14.7 Å².